The number of carbonyl (C=O) groups excluding carboxylic acids is 3. The van der Waals surface area contributed by atoms with Crippen molar-refractivity contribution in [3.8, 4) is 5.75 Å². The summed E-state index contributed by atoms with van der Waals surface area (Å²) in [6.45, 7) is 3.20. The van der Waals surface area contributed by atoms with Crippen LogP contribution in [0.25, 0.3) is 17.2 Å². The molecule has 0 spiro atoms. The van der Waals surface area contributed by atoms with E-state index < -0.39 is 52.1 Å². The molecule has 274 valence electrons. The predicted molar refractivity (Wildman–Crippen MR) is 182 cm³/mol. The number of pyridine rings is 1. The van der Waals surface area contributed by atoms with E-state index in [1.807, 2.05) is 0 Å². The Bertz CT molecular complexity index is 2140. The van der Waals surface area contributed by atoms with E-state index in [-0.39, 0.29) is 84.3 Å². The molecule has 1 aliphatic rings. The van der Waals surface area contributed by atoms with Gasteiger partial charge in [-0.3, -0.25) is 19.2 Å². The smallest absolute Gasteiger partial charge is 0.416 e. The molecule has 1 saturated heterocycles. The van der Waals surface area contributed by atoms with Crippen LogP contribution in [0, 0.1) is 12.7 Å². The molecule has 1 fully saturated rings. The highest BCUT2D eigenvalue weighted by Crippen LogP contribution is 2.36. The molecule has 52 heavy (non-hydrogen) atoms. The van der Waals surface area contributed by atoms with Crippen LogP contribution in [0.2, 0.25) is 5.02 Å². The number of amides is 3. The Morgan fingerprint density at radius 3 is 2.40 bits per heavy atom. The van der Waals surface area contributed by atoms with Crippen molar-refractivity contribution in [3.05, 3.63) is 80.1 Å². The molecule has 0 aliphatic carbocycles. The first-order chi connectivity index (χ1) is 24.5. The number of likely N-dealkylation sites (N-methyl/N-ethyl adjacent to an activating group) is 1. The third kappa shape index (κ3) is 7.65. The van der Waals surface area contributed by atoms with E-state index in [9.17, 15) is 41.8 Å². The molecule has 5 rings (SSSR count). The maximum Gasteiger partial charge on any atom is 0.416 e. The van der Waals surface area contributed by atoms with Crippen LogP contribution in [0.5, 0.6) is 5.75 Å². The highest BCUT2D eigenvalue weighted by Gasteiger charge is 2.33. The summed E-state index contributed by atoms with van der Waals surface area (Å²) in [5.41, 5.74) is -2.06. The minimum absolute atomic E-state index is 0.0285. The van der Waals surface area contributed by atoms with Gasteiger partial charge < -0.3 is 29.7 Å². The lowest BCUT2D eigenvalue weighted by molar-refractivity contribution is -0.137. The molecule has 3 amide bonds. The fraction of sp³-hybridized carbons (Fsp3) is 0.333. The zero-order valence-electron chi connectivity index (χ0n) is 28.3. The average Bonchev–Trinajstić information content (AvgIpc) is 3.10. The standard InChI is InChI=1S/C33H32ClF4N9O5/c1-5-22-28(45-8-10-46(11-9-45)32(52)27-29(50)17(2)40-16-41-27)30(51)26-31(39-14-19(42-26)6-7-24(49)44(3)4)47(22)15-23(48)43-25-20(34)12-18(13-21(25)35)33(36,37)38/h6-7,12-14,16,50H,5,8-11,15H2,1-4H3,(H,43,48)/b7-6+. The lowest BCUT2D eigenvalue weighted by Crippen LogP contribution is -2.50. The van der Waals surface area contributed by atoms with Gasteiger partial charge in [0.1, 0.15) is 24.4 Å². The van der Waals surface area contributed by atoms with E-state index in [1.165, 1.54) is 46.0 Å². The third-order valence-electron chi connectivity index (χ3n) is 8.26. The van der Waals surface area contributed by atoms with Crippen LogP contribution in [-0.2, 0) is 28.7 Å². The zero-order valence-corrected chi connectivity index (χ0v) is 29.0. The maximum absolute atomic E-state index is 14.8. The number of alkyl halides is 3. The lowest BCUT2D eigenvalue weighted by atomic mass is 10.1. The molecular weight excluding hydrogens is 714 g/mol. The number of nitrogens with one attached hydrogen (secondary N) is 1. The predicted octanol–water partition coefficient (Wildman–Crippen LogP) is 3.67. The van der Waals surface area contributed by atoms with Crippen LogP contribution in [0.4, 0.5) is 28.9 Å². The van der Waals surface area contributed by atoms with Gasteiger partial charge in [-0.05, 0) is 31.6 Å². The summed E-state index contributed by atoms with van der Waals surface area (Å²) < 4.78 is 55.8. The van der Waals surface area contributed by atoms with Gasteiger partial charge in [0, 0.05) is 52.0 Å². The van der Waals surface area contributed by atoms with E-state index >= 15 is 0 Å². The number of aromatic hydroxyl groups is 1. The number of fused-ring (bicyclic) bond motifs is 1. The summed E-state index contributed by atoms with van der Waals surface area (Å²) in [6.07, 6.45) is 0.352. The van der Waals surface area contributed by atoms with E-state index in [2.05, 4.69) is 25.3 Å². The van der Waals surface area contributed by atoms with Gasteiger partial charge in [-0.15, -0.1) is 0 Å². The largest absolute Gasteiger partial charge is 0.504 e. The highest BCUT2D eigenvalue weighted by atomic mass is 35.5. The average molecular weight is 746 g/mol. The number of benzene rings is 1. The normalized spacial score (nSPS) is 13.6. The molecule has 3 aromatic heterocycles. The summed E-state index contributed by atoms with van der Waals surface area (Å²) in [4.78, 5) is 74.1. The van der Waals surface area contributed by atoms with Crippen molar-refractivity contribution >= 4 is 57.9 Å². The van der Waals surface area contributed by atoms with Gasteiger partial charge in [0.25, 0.3) is 5.91 Å². The molecule has 0 bridgehead atoms. The molecular formula is C33H32ClF4N9O5. The number of hydrogen-bond donors (Lipinski definition) is 2. The molecule has 4 aromatic rings. The topological polar surface area (TPSA) is 167 Å². The van der Waals surface area contributed by atoms with E-state index in [0.29, 0.717) is 11.8 Å². The van der Waals surface area contributed by atoms with E-state index in [4.69, 9.17) is 11.6 Å². The number of aryl methyl sites for hydroxylation is 1. The van der Waals surface area contributed by atoms with Crippen molar-refractivity contribution in [2.45, 2.75) is 33.0 Å². The molecule has 14 nitrogen and oxygen atoms in total. The molecule has 1 aromatic carbocycles. The minimum Gasteiger partial charge on any atom is -0.504 e. The number of hydrogen-bond acceptors (Lipinski definition) is 10. The van der Waals surface area contributed by atoms with Gasteiger partial charge in [0.15, 0.2) is 22.6 Å². The van der Waals surface area contributed by atoms with Crippen molar-refractivity contribution in [1.82, 2.24) is 34.3 Å². The second-order valence-corrected chi connectivity index (χ2v) is 12.3. The summed E-state index contributed by atoms with van der Waals surface area (Å²) in [5, 5.41) is 11.9. The Kier molecular flexibility index (Phi) is 10.8. The molecule has 19 heteroatoms. The van der Waals surface area contributed by atoms with Crippen molar-refractivity contribution in [2.24, 2.45) is 0 Å². The first kappa shape index (κ1) is 37.6. The highest BCUT2D eigenvalue weighted by molar-refractivity contribution is 6.33. The maximum atomic E-state index is 14.8. The number of piperazine rings is 1. The molecule has 0 saturated carbocycles. The second-order valence-electron chi connectivity index (χ2n) is 11.9. The molecule has 0 unspecified atom stereocenters. The molecule has 2 N–H and O–H groups in total. The number of carbonyl (C=O) groups is 3. The summed E-state index contributed by atoms with van der Waals surface area (Å²) >= 11 is 5.95. The minimum atomic E-state index is -4.88. The van der Waals surface area contributed by atoms with Gasteiger partial charge >= 0.3 is 6.18 Å². The first-order valence-corrected chi connectivity index (χ1v) is 16.1. The molecule has 4 heterocycles. The van der Waals surface area contributed by atoms with Crippen LogP contribution in [0.3, 0.4) is 0 Å². The third-order valence-corrected chi connectivity index (χ3v) is 8.55. The fourth-order valence-corrected chi connectivity index (χ4v) is 5.83. The van der Waals surface area contributed by atoms with Gasteiger partial charge in [0.05, 0.1) is 33.9 Å². The van der Waals surface area contributed by atoms with Crippen LogP contribution in [-0.4, -0.2) is 97.4 Å². The van der Waals surface area contributed by atoms with Gasteiger partial charge in [-0.2, -0.15) is 13.2 Å². The van der Waals surface area contributed by atoms with Crippen molar-refractivity contribution in [3.63, 3.8) is 0 Å². The summed E-state index contributed by atoms with van der Waals surface area (Å²) in [6, 6.07) is 0.703. The summed E-state index contributed by atoms with van der Waals surface area (Å²) in [7, 11) is 3.10. The number of anilines is 2. The quantitative estimate of drug-likeness (QED) is 0.201. The molecule has 0 radical (unpaired) electrons. The number of rotatable bonds is 8. The Balaban J connectivity index is 1.54. The van der Waals surface area contributed by atoms with Crippen molar-refractivity contribution < 1.29 is 37.1 Å². The summed E-state index contributed by atoms with van der Waals surface area (Å²) in [5.74, 6) is -3.54. The molecule has 1 aliphatic heterocycles. The fourth-order valence-electron chi connectivity index (χ4n) is 5.57. The van der Waals surface area contributed by atoms with E-state index in [1.54, 1.807) is 25.9 Å². The SMILES string of the molecule is CCc1c(N2CCN(C(=O)c3ncnc(C)c3O)CC2)c(=O)c2nc(/C=C/C(=O)N(C)C)cnc2n1CC(=O)Nc1c(F)cc(C(F)(F)F)cc1Cl. The van der Waals surface area contributed by atoms with E-state index in [0.717, 1.165) is 0 Å². The second kappa shape index (κ2) is 14.9. The van der Waals surface area contributed by atoms with Crippen molar-refractivity contribution in [1.29, 1.82) is 0 Å². The lowest BCUT2D eigenvalue weighted by Gasteiger charge is -2.37. The van der Waals surface area contributed by atoms with Crippen LogP contribution in [0.1, 0.15) is 40.1 Å². The van der Waals surface area contributed by atoms with Crippen LogP contribution < -0.4 is 15.6 Å². The Morgan fingerprint density at radius 1 is 1.10 bits per heavy atom. The van der Waals surface area contributed by atoms with Gasteiger partial charge in [-0.25, -0.2) is 24.3 Å². The van der Waals surface area contributed by atoms with Gasteiger partial charge in [0.2, 0.25) is 17.2 Å². The number of nitrogens with zero attached hydrogens (tertiary/aromatic N) is 8. The van der Waals surface area contributed by atoms with Crippen LogP contribution >= 0.6 is 11.6 Å². The van der Waals surface area contributed by atoms with Crippen molar-refractivity contribution in [2.75, 3.05) is 50.5 Å². The van der Waals surface area contributed by atoms with Crippen LogP contribution in [0.15, 0.2) is 35.5 Å². The molecule has 0 atom stereocenters. The Labute approximate surface area is 298 Å². The number of aromatic nitrogens is 5. The first-order valence-electron chi connectivity index (χ1n) is 15.7. The Hall–Kier alpha value is -5.65. The zero-order chi connectivity index (χ0) is 38.1. The monoisotopic (exact) mass is 745 g/mol. The Morgan fingerprint density at radius 2 is 1.79 bits per heavy atom. The number of halogens is 5. The van der Waals surface area contributed by atoms with Gasteiger partial charge in [-0.1, -0.05) is 18.5 Å².